The molecule has 31 heavy (non-hydrogen) atoms. The van der Waals surface area contributed by atoms with Gasteiger partial charge in [0.05, 0.1) is 29.9 Å². The molecule has 3 aromatic heterocycles. The zero-order valence-electron chi connectivity index (χ0n) is 15.7. The van der Waals surface area contributed by atoms with Crippen molar-refractivity contribution < 1.29 is 18.5 Å². The normalized spacial score (nSPS) is 10.9. The summed E-state index contributed by atoms with van der Waals surface area (Å²) in [6.07, 6.45) is 5.46. The van der Waals surface area contributed by atoms with Crippen LogP contribution in [0.2, 0.25) is 5.02 Å². The molecule has 0 atom stereocenters. The van der Waals surface area contributed by atoms with Crippen molar-refractivity contribution in [3.63, 3.8) is 0 Å². The average molecular weight is 445 g/mol. The molecule has 0 aliphatic heterocycles. The maximum atomic E-state index is 13.2. The molecular formula is C19H14ClFN6O4. The number of carbonyl (C=O) groups is 1. The fourth-order valence-corrected chi connectivity index (χ4v) is 3.04. The molecular weight excluding hydrogens is 431 g/mol. The summed E-state index contributed by atoms with van der Waals surface area (Å²) in [7, 11) is 0. The topological polar surface area (TPSA) is 121 Å². The Labute approximate surface area is 179 Å². The second-order valence-electron chi connectivity index (χ2n) is 6.54. The lowest BCUT2D eigenvalue weighted by molar-refractivity contribution is -0.385. The predicted octanol–water partition coefficient (Wildman–Crippen LogP) is 3.72. The number of halogens is 2. The van der Waals surface area contributed by atoms with Crippen LogP contribution in [0, 0.1) is 15.9 Å². The van der Waals surface area contributed by atoms with Gasteiger partial charge in [-0.3, -0.25) is 24.3 Å². The van der Waals surface area contributed by atoms with E-state index in [-0.39, 0.29) is 23.0 Å². The molecule has 4 aromatic rings. The maximum Gasteiger partial charge on any atom is 0.307 e. The lowest BCUT2D eigenvalue weighted by Crippen LogP contribution is -2.10. The number of aromatic nitrogens is 4. The van der Waals surface area contributed by atoms with Crippen LogP contribution in [0.15, 0.2) is 59.5 Å². The Bertz CT molecular complexity index is 1260. The molecule has 0 fully saturated rings. The molecule has 0 unspecified atom stereocenters. The third-order valence-corrected chi connectivity index (χ3v) is 4.62. The second-order valence-corrected chi connectivity index (χ2v) is 6.94. The Balaban J connectivity index is 1.38. The first-order chi connectivity index (χ1) is 14.9. The van der Waals surface area contributed by atoms with Crippen LogP contribution in [-0.2, 0) is 13.1 Å². The van der Waals surface area contributed by atoms with E-state index in [1.807, 2.05) is 0 Å². The van der Waals surface area contributed by atoms with Crippen molar-refractivity contribution in [3.05, 3.63) is 93.2 Å². The van der Waals surface area contributed by atoms with E-state index >= 15 is 0 Å². The zero-order valence-corrected chi connectivity index (χ0v) is 16.5. The minimum atomic E-state index is -0.547. The zero-order chi connectivity index (χ0) is 22.0. The van der Waals surface area contributed by atoms with Gasteiger partial charge in [-0.15, -0.1) is 0 Å². The number of hydrogen-bond acceptors (Lipinski definition) is 6. The van der Waals surface area contributed by atoms with Crippen molar-refractivity contribution in [2.45, 2.75) is 13.1 Å². The summed E-state index contributed by atoms with van der Waals surface area (Å²) in [5.41, 5.74) is 0.978. The third kappa shape index (κ3) is 4.78. The smallest absolute Gasteiger partial charge is 0.307 e. The SMILES string of the molecule is O=C(Nc1cnn(Cc2ccc(F)cc2Cl)c1)c1ccc(Cn2cc([N+](=O)[O-])cn2)o1. The molecule has 0 saturated carbocycles. The van der Waals surface area contributed by atoms with Crippen LogP contribution in [0.5, 0.6) is 0 Å². The van der Waals surface area contributed by atoms with Gasteiger partial charge in [0.2, 0.25) is 0 Å². The molecule has 158 valence electrons. The summed E-state index contributed by atoms with van der Waals surface area (Å²) < 4.78 is 21.5. The number of benzene rings is 1. The molecule has 0 aliphatic rings. The van der Waals surface area contributed by atoms with E-state index in [0.29, 0.717) is 23.6 Å². The Morgan fingerprint density at radius 2 is 1.94 bits per heavy atom. The highest BCUT2D eigenvalue weighted by Gasteiger charge is 2.15. The molecule has 1 amide bonds. The number of nitrogens with one attached hydrogen (secondary N) is 1. The van der Waals surface area contributed by atoms with Crippen molar-refractivity contribution >= 4 is 28.9 Å². The summed E-state index contributed by atoms with van der Waals surface area (Å²) >= 11 is 6.02. The molecule has 0 radical (unpaired) electrons. The molecule has 1 N–H and O–H groups in total. The van der Waals surface area contributed by atoms with Crippen LogP contribution in [0.4, 0.5) is 15.8 Å². The quantitative estimate of drug-likeness (QED) is 0.342. The van der Waals surface area contributed by atoms with Gasteiger partial charge in [0, 0.05) is 11.2 Å². The standard InChI is InChI=1S/C19H14ClFN6O4/c20-17-5-13(21)2-1-12(17)8-25-9-14(6-22-25)24-19(28)18-4-3-16(31-18)11-26-10-15(7-23-26)27(29)30/h1-7,9-10H,8,11H2,(H,24,28). The van der Waals surface area contributed by atoms with Gasteiger partial charge in [0.1, 0.15) is 24.0 Å². The number of nitrogens with zero attached hydrogens (tertiary/aromatic N) is 5. The first-order valence-electron chi connectivity index (χ1n) is 8.90. The Morgan fingerprint density at radius 1 is 1.16 bits per heavy atom. The Kier molecular flexibility index (Phi) is 5.50. The van der Waals surface area contributed by atoms with E-state index in [2.05, 4.69) is 15.5 Å². The van der Waals surface area contributed by atoms with Crippen LogP contribution < -0.4 is 5.32 Å². The summed E-state index contributed by atoms with van der Waals surface area (Å²) in [5.74, 6) is -0.446. The largest absolute Gasteiger partial charge is 0.454 e. The lowest BCUT2D eigenvalue weighted by Gasteiger charge is -2.04. The van der Waals surface area contributed by atoms with E-state index in [9.17, 15) is 19.3 Å². The number of amides is 1. The van der Waals surface area contributed by atoms with Gasteiger partial charge in [-0.2, -0.15) is 10.2 Å². The van der Waals surface area contributed by atoms with Crippen LogP contribution in [-0.4, -0.2) is 30.4 Å². The van der Waals surface area contributed by atoms with E-state index in [1.165, 1.54) is 35.3 Å². The molecule has 3 heterocycles. The number of carbonyl (C=O) groups excluding carboxylic acids is 1. The van der Waals surface area contributed by atoms with Crippen LogP contribution in [0.25, 0.3) is 0 Å². The number of anilines is 1. The van der Waals surface area contributed by atoms with Gasteiger partial charge in [-0.25, -0.2) is 4.39 Å². The van der Waals surface area contributed by atoms with Crippen molar-refractivity contribution in [2.24, 2.45) is 0 Å². The Hall–Kier alpha value is -3.99. The number of hydrogen-bond donors (Lipinski definition) is 1. The summed E-state index contributed by atoms with van der Waals surface area (Å²) in [6.45, 7) is 0.438. The first-order valence-corrected chi connectivity index (χ1v) is 9.28. The summed E-state index contributed by atoms with van der Waals surface area (Å²) in [5, 5.41) is 21.7. The first kappa shape index (κ1) is 20.3. The average Bonchev–Trinajstić information content (AvgIpc) is 3.46. The van der Waals surface area contributed by atoms with Gasteiger partial charge in [0.25, 0.3) is 5.91 Å². The summed E-state index contributed by atoms with van der Waals surface area (Å²) in [4.78, 5) is 22.6. The number of rotatable bonds is 7. The molecule has 0 saturated heterocycles. The predicted molar refractivity (Wildman–Crippen MR) is 107 cm³/mol. The monoisotopic (exact) mass is 444 g/mol. The van der Waals surface area contributed by atoms with Crippen molar-refractivity contribution in [2.75, 3.05) is 5.32 Å². The van der Waals surface area contributed by atoms with E-state index in [4.69, 9.17) is 16.0 Å². The lowest BCUT2D eigenvalue weighted by atomic mass is 10.2. The van der Waals surface area contributed by atoms with Gasteiger partial charge < -0.3 is 9.73 Å². The van der Waals surface area contributed by atoms with Crippen LogP contribution in [0.1, 0.15) is 21.9 Å². The number of nitro groups is 1. The molecule has 0 aliphatic carbocycles. The van der Waals surface area contributed by atoms with Gasteiger partial charge in [-0.05, 0) is 29.8 Å². The van der Waals surface area contributed by atoms with Crippen LogP contribution in [0.3, 0.4) is 0 Å². The molecule has 1 aromatic carbocycles. The Morgan fingerprint density at radius 3 is 2.68 bits per heavy atom. The molecule has 0 spiro atoms. The van der Waals surface area contributed by atoms with Gasteiger partial charge >= 0.3 is 5.69 Å². The summed E-state index contributed by atoms with van der Waals surface area (Å²) in [6, 6.07) is 7.17. The van der Waals surface area contributed by atoms with E-state index < -0.39 is 16.6 Å². The van der Waals surface area contributed by atoms with E-state index in [0.717, 1.165) is 6.20 Å². The molecule has 4 rings (SSSR count). The van der Waals surface area contributed by atoms with Crippen molar-refractivity contribution in [1.82, 2.24) is 19.6 Å². The minimum Gasteiger partial charge on any atom is -0.454 e. The van der Waals surface area contributed by atoms with Crippen molar-refractivity contribution in [1.29, 1.82) is 0 Å². The maximum absolute atomic E-state index is 13.2. The molecule has 0 bridgehead atoms. The highest BCUT2D eigenvalue weighted by molar-refractivity contribution is 6.31. The fourth-order valence-electron chi connectivity index (χ4n) is 2.81. The molecule has 10 nitrogen and oxygen atoms in total. The van der Waals surface area contributed by atoms with Crippen LogP contribution >= 0.6 is 11.6 Å². The highest BCUT2D eigenvalue weighted by atomic mass is 35.5. The van der Waals surface area contributed by atoms with Gasteiger partial charge in [0.15, 0.2) is 5.76 Å². The molecule has 12 heteroatoms. The number of furan rings is 1. The third-order valence-electron chi connectivity index (χ3n) is 4.27. The van der Waals surface area contributed by atoms with E-state index in [1.54, 1.807) is 23.0 Å². The van der Waals surface area contributed by atoms with Gasteiger partial charge in [-0.1, -0.05) is 17.7 Å². The highest BCUT2D eigenvalue weighted by Crippen LogP contribution is 2.19. The second kappa shape index (κ2) is 8.40. The fraction of sp³-hybridized carbons (Fsp3) is 0.105. The minimum absolute atomic E-state index is 0.0611. The van der Waals surface area contributed by atoms with Crippen molar-refractivity contribution in [3.8, 4) is 0 Å².